The molecular weight excluding hydrogens is 272 g/mol. The van der Waals surface area contributed by atoms with Crippen molar-refractivity contribution in [2.75, 3.05) is 0 Å². The molecule has 1 N–H and O–H groups in total. The summed E-state index contributed by atoms with van der Waals surface area (Å²) >= 11 is 0. The molecule has 22 heavy (non-hydrogen) atoms. The van der Waals surface area contributed by atoms with Crippen molar-refractivity contribution in [2.45, 2.75) is 60.3 Å². The molecule has 1 atom stereocenters. The van der Waals surface area contributed by atoms with Gasteiger partial charge in [-0.1, -0.05) is 76.0 Å². The van der Waals surface area contributed by atoms with Gasteiger partial charge in [0.25, 0.3) is 0 Å². The summed E-state index contributed by atoms with van der Waals surface area (Å²) in [7, 11) is 0. The summed E-state index contributed by atoms with van der Waals surface area (Å²) in [6.07, 6.45) is 16.3. The largest absolute Gasteiger partial charge is 0.478 e. The van der Waals surface area contributed by atoms with Gasteiger partial charge in [-0.2, -0.15) is 0 Å². The molecule has 0 amide bonds. The van der Waals surface area contributed by atoms with Crippen LogP contribution in [0.4, 0.5) is 0 Å². The van der Waals surface area contributed by atoms with E-state index < -0.39 is 5.97 Å². The molecular formula is C20H32O2. The van der Waals surface area contributed by atoms with Crippen LogP contribution < -0.4 is 0 Å². The molecule has 0 aromatic rings. The fourth-order valence-corrected chi connectivity index (χ4v) is 2.13. The zero-order valence-electron chi connectivity index (χ0n) is 14.8. The second-order valence-electron chi connectivity index (χ2n) is 6.56. The van der Waals surface area contributed by atoms with Crippen LogP contribution in [-0.2, 0) is 4.79 Å². The van der Waals surface area contributed by atoms with Crippen molar-refractivity contribution in [1.82, 2.24) is 0 Å². The molecule has 0 bridgehead atoms. The van der Waals surface area contributed by atoms with E-state index in [1.807, 2.05) is 12.2 Å². The van der Waals surface area contributed by atoms with Crippen LogP contribution in [-0.4, -0.2) is 11.1 Å². The molecule has 0 aliphatic rings. The first-order valence-corrected chi connectivity index (χ1v) is 8.24. The smallest absolute Gasteiger partial charge is 0.328 e. The van der Waals surface area contributed by atoms with E-state index in [0.717, 1.165) is 23.8 Å². The number of carboxylic acids is 1. The molecule has 0 aromatic carbocycles. The van der Waals surface area contributed by atoms with Crippen LogP contribution in [0.3, 0.4) is 0 Å². The van der Waals surface area contributed by atoms with Crippen molar-refractivity contribution < 1.29 is 9.90 Å². The van der Waals surface area contributed by atoms with Crippen LogP contribution >= 0.6 is 0 Å². The lowest BCUT2D eigenvalue weighted by atomic mass is 9.97. The molecule has 0 saturated heterocycles. The molecule has 0 saturated carbocycles. The van der Waals surface area contributed by atoms with E-state index in [4.69, 9.17) is 5.11 Å². The summed E-state index contributed by atoms with van der Waals surface area (Å²) < 4.78 is 0. The van der Waals surface area contributed by atoms with Crippen LogP contribution in [0.1, 0.15) is 60.3 Å². The third-order valence-electron chi connectivity index (χ3n) is 3.47. The molecule has 0 fully saturated rings. The predicted molar refractivity (Wildman–Crippen MR) is 95.9 cm³/mol. The van der Waals surface area contributed by atoms with E-state index in [-0.39, 0.29) is 0 Å². The van der Waals surface area contributed by atoms with Gasteiger partial charge in [-0.3, -0.25) is 0 Å². The molecule has 124 valence electrons. The summed E-state index contributed by atoms with van der Waals surface area (Å²) in [5.74, 6) is 0.631. The molecule has 0 aliphatic carbocycles. The van der Waals surface area contributed by atoms with E-state index in [2.05, 4.69) is 39.8 Å². The topological polar surface area (TPSA) is 37.3 Å². The highest BCUT2D eigenvalue weighted by Crippen LogP contribution is 2.15. The maximum atomic E-state index is 10.5. The number of allylic oxidation sites excluding steroid dienone is 7. The Balaban J connectivity index is 4.13. The molecule has 0 aromatic heterocycles. The Kier molecular flexibility index (Phi) is 11.2. The summed E-state index contributed by atoms with van der Waals surface area (Å²) in [4.78, 5) is 10.5. The van der Waals surface area contributed by atoms with Crippen molar-refractivity contribution >= 4 is 5.97 Å². The van der Waals surface area contributed by atoms with E-state index in [1.165, 1.54) is 30.9 Å². The number of rotatable bonds is 10. The highest BCUT2D eigenvalue weighted by molar-refractivity contribution is 5.81. The monoisotopic (exact) mass is 304 g/mol. The van der Waals surface area contributed by atoms with Gasteiger partial charge in [0.1, 0.15) is 0 Å². The Labute approximate surface area is 136 Å². The number of hydrogen-bond donors (Lipinski definition) is 1. The lowest BCUT2D eigenvalue weighted by Gasteiger charge is -2.09. The fourth-order valence-electron chi connectivity index (χ4n) is 2.13. The number of aliphatic carboxylic acids is 1. The fraction of sp³-hybridized carbons (Fsp3) is 0.550. The Bertz CT molecular complexity index is 437. The first-order valence-electron chi connectivity index (χ1n) is 8.24. The average Bonchev–Trinajstić information content (AvgIpc) is 2.37. The number of hydrogen-bond acceptors (Lipinski definition) is 1. The minimum Gasteiger partial charge on any atom is -0.478 e. The van der Waals surface area contributed by atoms with Crippen molar-refractivity contribution in [1.29, 1.82) is 0 Å². The summed E-state index contributed by atoms with van der Waals surface area (Å²) in [6, 6.07) is 0. The average molecular weight is 304 g/mol. The first-order chi connectivity index (χ1) is 10.3. The molecule has 2 heteroatoms. The summed E-state index contributed by atoms with van der Waals surface area (Å²) in [5, 5.41) is 8.62. The van der Waals surface area contributed by atoms with Gasteiger partial charge in [0.2, 0.25) is 0 Å². The summed E-state index contributed by atoms with van der Waals surface area (Å²) in [6.45, 7) is 10.7. The maximum Gasteiger partial charge on any atom is 0.328 e. The van der Waals surface area contributed by atoms with Gasteiger partial charge in [0, 0.05) is 6.08 Å². The highest BCUT2D eigenvalue weighted by atomic mass is 16.4. The number of carbonyl (C=O) groups is 1. The zero-order valence-corrected chi connectivity index (χ0v) is 14.8. The van der Waals surface area contributed by atoms with Crippen LogP contribution in [0.25, 0.3) is 0 Å². The van der Waals surface area contributed by atoms with Gasteiger partial charge >= 0.3 is 5.97 Å². The second-order valence-corrected chi connectivity index (χ2v) is 6.56. The quantitative estimate of drug-likeness (QED) is 0.401. The molecule has 2 nitrogen and oxygen atoms in total. The van der Waals surface area contributed by atoms with Crippen LogP contribution in [0, 0.1) is 11.8 Å². The van der Waals surface area contributed by atoms with E-state index in [0.29, 0.717) is 0 Å². The zero-order chi connectivity index (χ0) is 17.0. The lowest BCUT2D eigenvalue weighted by Crippen LogP contribution is -1.95. The Hall–Kier alpha value is -1.57. The minimum atomic E-state index is -0.908. The van der Waals surface area contributed by atoms with E-state index >= 15 is 0 Å². The van der Waals surface area contributed by atoms with Crippen LogP contribution in [0.15, 0.2) is 47.6 Å². The standard InChI is InChI=1S/C20H32O2/c1-16(2)9-6-10-17(3)11-7-12-18(4)13-8-14-19(5)15-20(21)22/h7-8,12-17H,6,9-11H2,1-5H3,(H,21,22). The van der Waals surface area contributed by atoms with Crippen LogP contribution in [0.2, 0.25) is 0 Å². The molecule has 0 rings (SSSR count). The second kappa shape index (κ2) is 12.0. The van der Waals surface area contributed by atoms with Crippen molar-refractivity contribution in [3.05, 3.63) is 47.6 Å². The van der Waals surface area contributed by atoms with Crippen molar-refractivity contribution in [3.63, 3.8) is 0 Å². The lowest BCUT2D eigenvalue weighted by molar-refractivity contribution is -0.131. The van der Waals surface area contributed by atoms with Crippen LogP contribution in [0.5, 0.6) is 0 Å². The minimum absolute atomic E-state index is 0.735. The Morgan fingerprint density at radius 1 is 1.05 bits per heavy atom. The van der Waals surface area contributed by atoms with Gasteiger partial charge in [-0.15, -0.1) is 0 Å². The van der Waals surface area contributed by atoms with Gasteiger partial charge in [-0.25, -0.2) is 4.79 Å². The SMILES string of the molecule is CC(C=CCC(C)CCCC(C)C)=CC=CC(C)=CC(=O)O. The molecule has 0 spiro atoms. The molecule has 0 heterocycles. The molecule has 0 aliphatic heterocycles. The third kappa shape index (κ3) is 13.4. The Morgan fingerprint density at radius 2 is 1.73 bits per heavy atom. The van der Waals surface area contributed by atoms with E-state index in [1.54, 1.807) is 13.0 Å². The molecule has 0 radical (unpaired) electrons. The summed E-state index contributed by atoms with van der Waals surface area (Å²) in [5.41, 5.74) is 1.91. The normalized spacial score (nSPS) is 15.2. The van der Waals surface area contributed by atoms with Gasteiger partial charge < -0.3 is 5.11 Å². The third-order valence-corrected chi connectivity index (χ3v) is 3.47. The van der Waals surface area contributed by atoms with E-state index in [9.17, 15) is 4.79 Å². The molecule has 1 unspecified atom stereocenters. The predicted octanol–water partition coefficient (Wildman–Crippen LogP) is 5.93. The van der Waals surface area contributed by atoms with Gasteiger partial charge in [0.15, 0.2) is 0 Å². The van der Waals surface area contributed by atoms with Gasteiger partial charge in [0.05, 0.1) is 0 Å². The first kappa shape index (κ1) is 20.4. The van der Waals surface area contributed by atoms with Crippen molar-refractivity contribution in [2.24, 2.45) is 11.8 Å². The maximum absolute atomic E-state index is 10.5. The number of carboxylic acid groups (broad SMARTS) is 1. The Morgan fingerprint density at radius 3 is 2.32 bits per heavy atom. The van der Waals surface area contributed by atoms with Crippen molar-refractivity contribution in [3.8, 4) is 0 Å². The highest BCUT2D eigenvalue weighted by Gasteiger charge is 2.00. The van der Waals surface area contributed by atoms with Gasteiger partial charge in [-0.05, 0) is 37.7 Å².